The molecule has 0 saturated heterocycles. The van der Waals surface area contributed by atoms with Gasteiger partial charge < -0.3 is 4.90 Å². The Morgan fingerprint density at radius 1 is 1.00 bits per heavy atom. The van der Waals surface area contributed by atoms with Crippen molar-refractivity contribution in [1.29, 1.82) is 0 Å². The minimum atomic E-state index is -0.0229. The Morgan fingerprint density at radius 3 is 2.50 bits per heavy atom. The molecule has 3 nitrogen and oxygen atoms in total. The lowest BCUT2D eigenvalue weighted by Crippen LogP contribution is -2.27. The summed E-state index contributed by atoms with van der Waals surface area (Å²) in [6.07, 6.45) is 4.45. The van der Waals surface area contributed by atoms with Gasteiger partial charge in [-0.25, -0.2) is 0 Å². The van der Waals surface area contributed by atoms with Crippen molar-refractivity contribution < 1.29 is 0 Å². The van der Waals surface area contributed by atoms with Crippen molar-refractivity contribution in [3.8, 4) is 0 Å². The van der Waals surface area contributed by atoms with Gasteiger partial charge in [0, 0.05) is 37.4 Å². The third-order valence-electron chi connectivity index (χ3n) is 4.77. The van der Waals surface area contributed by atoms with Crippen molar-refractivity contribution in [3.63, 3.8) is 0 Å². The van der Waals surface area contributed by atoms with Crippen molar-refractivity contribution in [2.24, 2.45) is 4.99 Å². The second-order valence-corrected chi connectivity index (χ2v) is 7.02. The van der Waals surface area contributed by atoms with Crippen LogP contribution in [-0.2, 0) is 13.0 Å². The number of aromatic nitrogens is 1. The number of hydrogen-bond acceptors (Lipinski definition) is 3. The molecule has 4 rings (SSSR count). The summed E-state index contributed by atoms with van der Waals surface area (Å²) in [4.78, 5) is 11.5. The Kier molecular flexibility index (Phi) is 4.72. The van der Waals surface area contributed by atoms with E-state index in [1.807, 2.05) is 36.7 Å². The van der Waals surface area contributed by atoms with Crippen LogP contribution in [0.5, 0.6) is 0 Å². The molecule has 0 amide bonds. The van der Waals surface area contributed by atoms with Gasteiger partial charge in [-0.3, -0.25) is 9.98 Å². The predicted octanol–water partition coefficient (Wildman–Crippen LogP) is 4.91. The van der Waals surface area contributed by atoms with E-state index in [1.165, 1.54) is 16.7 Å². The first-order chi connectivity index (χ1) is 12.7. The van der Waals surface area contributed by atoms with Gasteiger partial charge in [0.15, 0.2) is 0 Å². The largest absolute Gasteiger partial charge is 0.359 e. The van der Waals surface area contributed by atoms with Gasteiger partial charge >= 0.3 is 0 Å². The number of hydrogen-bond donors (Lipinski definition) is 0. The molecule has 130 valence electrons. The maximum Gasteiger partial charge on any atom is 0.105 e. The molecule has 2 heterocycles. The van der Waals surface area contributed by atoms with E-state index >= 15 is 0 Å². The smallest absolute Gasteiger partial charge is 0.105 e. The SMILES string of the molecule is CN1Cc2ccccc2C(c2ccc(Cl)cc2)N=C1Cc1ccncc1. The van der Waals surface area contributed by atoms with Gasteiger partial charge in [0.05, 0.1) is 0 Å². The summed E-state index contributed by atoms with van der Waals surface area (Å²) in [5.41, 5.74) is 4.94. The van der Waals surface area contributed by atoms with E-state index < -0.39 is 0 Å². The van der Waals surface area contributed by atoms with Crippen LogP contribution in [-0.4, -0.2) is 22.8 Å². The van der Waals surface area contributed by atoms with Crippen LogP contribution in [0.4, 0.5) is 0 Å². The number of nitrogens with zero attached hydrogens (tertiary/aromatic N) is 3. The number of aliphatic imine (C=N–C) groups is 1. The quantitative estimate of drug-likeness (QED) is 0.663. The topological polar surface area (TPSA) is 28.5 Å². The molecule has 1 aliphatic heterocycles. The number of benzene rings is 2. The molecule has 4 heteroatoms. The molecular weight excluding hydrogens is 342 g/mol. The zero-order valence-electron chi connectivity index (χ0n) is 14.6. The van der Waals surface area contributed by atoms with Crippen LogP contribution in [0.2, 0.25) is 5.02 Å². The lowest BCUT2D eigenvalue weighted by Gasteiger charge is -2.20. The maximum absolute atomic E-state index is 6.09. The summed E-state index contributed by atoms with van der Waals surface area (Å²) in [7, 11) is 2.11. The normalized spacial score (nSPS) is 16.6. The predicted molar refractivity (Wildman–Crippen MR) is 107 cm³/mol. The summed E-state index contributed by atoms with van der Waals surface area (Å²) < 4.78 is 0. The summed E-state index contributed by atoms with van der Waals surface area (Å²) in [5, 5.41) is 0.744. The van der Waals surface area contributed by atoms with E-state index in [1.54, 1.807) is 0 Å². The molecule has 0 spiro atoms. The van der Waals surface area contributed by atoms with Crippen LogP contribution in [0.1, 0.15) is 28.3 Å². The minimum Gasteiger partial charge on any atom is -0.359 e. The second kappa shape index (κ2) is 7.30. The molecule has 1 aliphatic rings. The molecule has 0 radical (unpaired) electrons. The molecule has 2 aromatic carbocycles. The van der Waals surface area contributed by atoms with Crippen molar-refractivity contribution in [1.82, 2.24) is 9.88 Å². The first-order valence-electron chi connectivity index (χ1n) is 8.70. The Hall–Kier alpha value is -2.65. The molecule has 26 heavy (non-hydrogen) atoms. The van der Waals surface area contributed by atoms with Crippen molar-refractivity contribution >= 4 is 17.4 Å². The number of fused-ring (bicyclic) bond motifs is 1. The first-order valence-corrected chi connectivity index (χ1v) is 9.08. The molecule has 1 aromatic heterocycles. The van der Waals surface area contributed by atoms with Crippen LogP contribution >= 0.6 is 11.6 Å². The van der Waals surface area contributed by atoms with E-state index in [0.29, 0.717) is 0 Å². The lowest BCUT2D eigenvalue weighted by atomic mass is 9.95. The zero-order valence-corrected chi connectivity index (χ0v) is 15.4. The number of halogens is 1. The third kappa shape index (κ3) is 3.49. The van der Waals surface area contributed by atoms with Crippen molar-refractivity contribution in [2.75, 3.05) is 7.05 Å². The molecule has 0 saturated carbocycles. The fraction of sp³-hybridized carbons (Fsp3) is 0.182. The summed E-state index contributed by atoms with van der Waals surface area (Å²) in [5.74, 6) is 1.08. The molecule has 0 aliphatic carbocycles. The first kappa shape index (κ1) is 16.8. The van der Waals surface area contributed by atoms with Gasteiger partial charge in [0.25, 0.3) is 0 Å². The fourth-order valence-electron chi connectivity index (χ4n) is 3.37. The maximum atomic E-state index is 6.09. The highest BCUT2D eigenvalue weighted by Crippen LogP contribution is 2.33. The molecule has 1 unspecified atom stereocenters. The number of amidine groups is 1. The summed E-state index contributed by atoms with van der Waals surface area (Å²) >= 11 is 6.09. The number of pyridine rings is 1. The highest BCUT2D eigenvalue weighted by atomic mass is 35.5. The van der Waals surface area contributed by atoms with Crippen LogP contribution < -0.4 is 0 Å². The number of rotatable bonds is 3. The van der Waals surface area contributed by atoms with Crippen LogP contribution in [0.25, 0.3) is 0 Å². The third-order valence-corrected chi connectivity index (χ3v) is 5.03. The van der Waals surface area contributed by atoms with Gasteiger partial charge in [-0.05, 0) is 46.5 Å². The van der Waals surface area contributed by atoms with E-state index in [-0.39, 0.29) is 6.04 Å². The average molecular weight is 362 g/mol. The van der Waals surface area contributed by atoms with Gasteiger partial charge in [0.2, 0.25) is 0 Å². The highest BCUT2D eigenvalue weighted by molar-refractivity contribution is 6.30. The molecule has 0 fully saturated rings. The van der Waals surface area contributed by atoms with E-state index in [4.69, 9.17) is 16.6 Å². The molecule has 0 bridgehead atoms. The molecule has 3 aromatic rings. The second-order valence-electron chi connectivity index (χ2n) is 6.59. The Balaban J connectivity index is 1.79. The van der Waals surface area contributed by atoms with Gasteiger partial charge in [0.1, 0.15) is 11.9 Å². The zero-order chi connectivity index (χ0) is 17.9. The fourth-order valence-corrected chi connectivity index (χ4v) is 3.50. The van der Waals surface area contributed by atoms with Crippen molar-refractivity contribution in [2.45, 2.75) is 19.0 Å². The average Bonchev–Trinajstić information content (AvgIpc) is 2.80. The van der Waals surface area contributed by atoms with Gasteiger partial charge in [-0.15, -0.1) is 0 Å². The highest BCUT2D eigenvalue weighted by Gasteiger charge is 2.23. The monoisotopic (exact) mass is 361 g/mol. The van der Waals surface area contributed by atoms with E-state index in [2.05, 4.69) is 53.3 Å². The Bertz CT molecular complexity index is 920. The summed E-state index contributed by atoms with van der Waals surface area (Å²) in [6.45, 7) is 0.851. The Labute approximate surface area is 159 Å². The number of likely N-dealkylation sites (N-methyl/N-ethyl adjacent to an activating group) is 1. The van der Waals surface area contributed by atoms with E-state index in [0.717, 1.165) is 29.4 Å². The molecule has 1 atom stereocenters. The van der Waals surface area contributed by atoms with Crippen molar-refractivity contribution in [3.05, 3.63) is 100 Å². The molecular formula is C22H20ClN3. The van der Waals surface area contributed by atoms with Crippen LogP contribution in [0, 0.1) is 0 Å². The summed E-state index contributed by atoms with van der Waals surface area (Å²) in [6, 6.07) is 20.7. The van der Waals surface area contributed by atoms with Crippen LogP contribution in [0.3, 0.4) is 0 Å². The lowest BCUT2D eigenvalue weighted by molar-refractivity contribution is 0.494. The standard InChI is InChI=1S/C22H20ClN3/c1-26-15-18-4-2-3-5-20(18)22(17-6-8-19(23)9-7-17)25-21(26)14-16-10-12-24-13-11-16/h2-13,22H,14-15H2,1H3. The van der Waals surface area contributed by atoms with E-state index in [9.17, 15) is 0 Å². The Morgan fingerprint density at radius 2 is 1.73 bits per heavy atom. The van der Waals surface area contributed by atoms with Gasteiger partial charge in [-0.1, -0.05) is 48.0 Å². The van der Waals surface area contributed by atoms with Gasteiger partial charge in [-0.2, -0.15) is 0 Å². The minimum absolute atomic E-state index is 0.0229. The molecule has 0 N–H and O–H groups in total. The van der Waals surface area contributed by atoms with Crippen LogP contribution in [0.15, 0.2) is 78.0 Å².